The molecule has 0 N–H and O–H groups in total. The molecule has 0 unspecified atom stereocenters. The van der Waals surface area contributed by atoms with Gasteiger partial charge < -0.3 is 4.48 Å². The smallest absolute Gasteiger partial charge is 0.108 e. The summed E-state index contributed by atoms with van der Waals surface area (Å²) in [5.74, 6) is 0. The van der Waals surface area contributed by atoms with E-state index in [1.807, 2.05) is 0 Å². The fourth-order valence-corrected chi connectivity index (χ4v) is 5.46. The molecule has 4 aromatic rings. The molecule has 0 fully saturated rings. The second-order valence-corrected chi connectivity index (χ2v) is 9.12. The second-order valence-electron chi connectivity index (χ2n) is 9.12. The lowest BCUT2D eigenvalue weighted by molar-refractivity contribution is -0.921. The highest BCUT2D eigenvalue weighted by Gasteiger charge is 2.31. The molecule has 0 spiro atoms. The average Bonchev–Trinajstić information content (AvgIpc) is 2.94. The lowest BCUT2D eigenvalue weighted by Crippen LogP contribution is -2.74. The number of quaternary nitrogens is 1. The minimum Gasteiger partial charge on any atom is -0.325 e. The van der Waals surface area contributed by atoms with E-state index in [1.54, 1.807) is 0 Å². The number of hydrogen-bond donors (Lipinski definition) is 0. The van der Waals surface area contributed by atoms with Gasteiger partial charge in [-0.15, -0.1) is 0 Å². The number of rotatable bonds is 8. The van der Waals surface area contributed by atoms with E-state index in [9.17, 15) is 0 Å². The van der Waals surface area contributed by atoms with E-state index < -0.39 is 6.15 Å². The first-order chi connectivity index (χ1) is 16.7. The molecule has 34 heavy (non-hydrogen) atoms. The van der Waals surface area contributed by atoms with Gasteiger partial charge in [0.05, 0.1) is 26.2 Å². The first-order valence-electron chi connectivity index (χ1n) is 12.9. The van der Waals surface area contributed by atoms with Crippen LogP contribution in [0.5, 0.6) is 0 Å². The number of nitrogens with zero attached hydrogens (tertiary/aromatic N) is 1. The van der Waals surface area contributed by atoms with Crippen molar-refractivity contribution in [1.29, 1.82) is 0 Å². The third-order valence-corrected chi connectivity index (χ3v) is 7.88. The van der Waals surface area contributed by atoms with Crippen LogP contribution < -0.4 is 21.9 Å². The van der Waals surface area contributed by atoms with E-state index in [4.69, 9.17) is 0 Å². The van der Waals surface area contributed by atoms with E-state index in [0.717, 1.165) is 0 Å². The molecule has 4 rings (SSSR count). The van der Waals surface area contributed by atoms with Crippen LogP contribution in [-0.4, -0.2) is 36.8 Å². The summed E-state index contributed by atoms with van der Waals surface area (Å²) in [6, 6.07) is 43.5. The average molecular weight is 449 g/mol. The van der Waals surface area contributed by atoms with Crippen molar-refractivity contribution in [1.82, 2.24) is 0 Å². The molecule has 0 saturated heterocycles. The van der Waals surface area contributed by atoms with E-state index in [1.165, 1.54) is 52.5 Å². The summed E-state index contributed by atoms with van der Waals surface area (Å²) in [5, 5.41) is 0. The summed E-state index contributed by atoms with van der Waals surface area (Å²) in [5.41, 5.74) is 5.36. The lowest BCUT2D eigenvalue weighted by atomic mass is 9.13. The standard InChI is InChI=1S/C24H20B.C8H20N/c1-5-13-21(14-6-1)25(22-15-7-2-8-16-22,23-17-9-3-10-18-23)24-19-11-4-12-20-24;1-5-9(6-2,7-3)8-4/h1-20H;5-8H2,1-4H3/q-1;+1. The summed E-state index contributed by atoms with van der Waals surface area (Å²) in [7, 11) is 0. The Morgan fingerprint density at radius 1 is 0.382 bits per heavy atom. The molecule has 0 radical (unpaired) electrons. The van der Waals surface area contributed by atoms with Crippen molar-refractivity contribution in [3.8, 4) is 0 Å². The van der Waals surface area contributed by atoms with E-state index >= 15 is 0 Å². The van der Waals surface area contributed by atoms with Gasteiger partial charge >= 0.3 is 0 Å². The van der Waals surface area contributed by atoms with E-state index in [0.29, 0.717) is 0 Å². The van der Waals surface area contributed by atoms with Crippen LogP contribution >= 0.6 is 0 Å². The van der Waals surface area contributed by atoms with Gasteiger partial charge in [0.25, 0.3) is 0 Å². The minimum atomic E-state index is -1.22. The van der Waals surface area contributed by atoms with Gasteiger partial charge in [-0.05, 0) is 27.7 Å². The highest BCUT2D eigenvalue weighted by molar-refractivity contribution is 7.19. The monoisotopic (exact) mass is 449 g/mol. The first kappa shape index (κ1) is 25.5. The molecule has 0 aromatic heterocycles. The van der Waals surface area contributed by atoms with Gasteiger partial charge in [-0.2, -0.15) is 21.9 Å². The van der Waals surface area contributed by atoms with Crippen molar-refractivity contribution in [3.05, 3.63) is 121 Å². The lowest BCUT2D eigenvalue weighted by Gasteiger charge is -2.44. The van der Waals surface area contributed by atoms with Crippen LogP contribution in [0.15, 0.2) is 121 Å². The zero-order valence-corrected chi connectivity index (χ0v) is 21.4. The Labute approximate surface area is 207 Å². The molecule has 0 saturated carbocycles. The van der Waals surface area contributed by atoms with Crippen LogP contribution in [0.4, 0.5) is 0 Å². The van der Waals surface area contributed by atoms with Crippen LogP contribution in [0, 0.1) is 0 Å². The van der Waals surface area contributed by atoms with Crippen molar-refractivity contribution >= 4 is 28.0 Å². The summed E-state index contributed by atoms with van der Waals surface area (Å²) in [6.07, 6.45) is -1.22. The molecule has 0 aliphatic heterocycles. The quantitative estimate of drug-likeness (QED) is 0.264. The van der Waals surface area contributed by atoms with Gasteiger partial charge in [0.15, 0.2) is 0 Å². The zero-order chi connectivity index (χ0) is 24.3. The van der Waals surface area contributed by atoms with E-state index in [-0.39, 0.29) is 0 Å². The first-order valence-corrected chi connectivity index (χ1v) is 12.9. The van der Waals surface area contributed by atoms with Gasteiger partial charge in [0.2, 0.25) is 0 Å². The predicted octanol–water partition coefficient (Wildman–Crippen LogP) is 4.95. The number of benzene rings is 4. The van der Waals surface area contributed by atoms with Crippen LogP contribution in [-0.2, 0) is 0 Å². The Morgan fingerprint density at radius 3 is 0.735 bits per heavy atom. The highest BCUT2D eigenvalue weighted by Crippen LogP contribution is 2.09. The SMILES string of the molecule is CC[N+](CC)(CC)CC.c1ccc([B-](c2ccccc2)(c2ccccc2)c2ccccc2)cc1. The topological polar surface area (TPSA) is 0 Å². The molecule has 0 atom stereocenters. The summed E-state index contributed by atoms with van der Waals surface area (Å²) >= 11 is 0. The molecule has 0 bridgehead atoms. The van der Waals surface area contributed by atoms with Gasteiger partial charge in [-0.25, -0.2) is 0 Å². The summed E-state index contributed by atoms with van der Waals surface area (Å²) < 4.78 is 1.28. The molecular formula is C32H40BN. The zero-order valence-electron chi connectivity index (χ0n) is 21.4. The predicted molar refractivity (Wildman–Crippen MR) is 152 cm³/mol. The maximum absolute atomic E-state index is 2.27. The Balaban J connectivity index is 0.000000309. The Hall–Kier alpha value is -3.10. The summed E-state index contributed by atoms with van der Waals surface area (Å²) in [6.45, 7) is 14.2. The van der Waals surface area contributed by atoms with Gasteiger partial charge in [0, 0.05) is 0 Å². The molecule has 176 valence electrons. The molecule has 0 aliphatic rings. The highest BCUT2D eigenvalue weighted by atomic mass is 15.3. The fourth-order valence-electron chi connectivity index (χ4n) is 5.46. The Bertz CT molecular complexity index is 894. The third kappa shape index (κ3) is 5.34. The second kappa shape index (κ2) is 12.4. The van der Waals surface area contributed by atoms with Crippen LogP contribution in [0.25, 0.3) is 0 Å². The molecule has 2 heteroatoms. The molecule has 4 aromatic carbocycles. The minimum absolute atomic E-state index is 1.22. The third-order valence-electron chi connectivity index (χ3n) is 7.88. The van der Waals surface area contributed by atoms with Gasteiger partial charge in [0.1, 0.15) is 6.15 Å². The Morgan fingerprint density at radius 2 is 0.588 bits per heavy atom. The van der Waals surface area contributed by atoms with Crippen molar-refractivity contribution in [3.63, 3.8) is 0 Å². The molecule has 0 aliphatic carbocycles. The van der Waals surface area contributed by atoms with Crippen molar-refractivity contribution < 1.29 is 4.48 Å². The largest absolute Gasteiger partial charge is 0.325 e. The Kier molecular flexibility index (Phi) is 9.30. The van der Waals surface area contributed by atoms with Crippen molar-refractivity contribution in [2.45, 2.75) is 27.7 Å². The maximum Gasteiger partial charge on any atom is 0.108 e. The fraction of sp³-hybridized carbons (Fsp3) is 0.250. The van der Waals surface area contributed by atoms with Crippen molar-refractivity contribution in [2.24, 2.45) is 0 Å². The normalized spacial score (nSPS) is 11.4. The molecule has 0 heterocycles. The van der Waals surface area contributed by atoms with Gasteiger partial charge in [-0.3, -0.25) is 0 Å². The molecule has 1 nitrogen and oxygen atoms in total. The number of hydrogen-bond acceptors (Lipinski definition) is 0. The van der Waals surface area contributed by atoms with E-state index in [2.05, 4.69) is 149 Å². The summed E-state index contributed by atoms with van der Waals surface area (Å²) in [4.78, 5) is 0. The van der Waals surface area contributed by atoms with Crippen molar-refractivity contribution in [2.75, 3.05) is 26.2 Å². The van der Waals surface area contributed by atoms with Crippen LogP contribution in [0.1, 0.15) is 27.7 Å². The molecular weight excluding hydrogens is 409 g/mol. The maximum atomic E-state index is 2.27. The molecule has 0 amide bonds. The van der Waals surface area contributed by atoms with Gasteiger partial charge in [-0.1, -0.05) is 121 Å². The van der Waals surface area contributed by atoms with Crippen LogP contribution in [0.2, 0.25) is 0 Å². The van der Waals surface area contributed by atoms with Crippen LogP contribution in [0.3, 0.4) is 0 Å².